The molecule has 1 heterocycles. The van der Waals surface area contributed by atoms with Crippen molar-refractivity contribution in [2.45, 2.75) is 19.5 Å². The van der Waals surface area contributed by atoms with Crippen molar-refractivity contribution in [3.05, 3.63) is 29.6 Å². The molecule has 0 fully saturated rings. The van der Waals surface area contributed by atoms with Crippen molar-refractivity contribution in [3.63, 3.8) is 0 Å². The normalized spacial score (nSPS) is 11.3. The second kappa shape index (κ2) is 3.12. The van der Waals surface area contributed by atoms with Gasteiger partial charge in [0.15, 0.2) is 0 Å². The van der Waals surface area contributed by atoms with Crippen molar-refractivity contribution < 1.29 is 9.18 Å². The standard InChI is InChI=1S/C9H11FN2O/c1-9(2,10)7-3-6(8(11)13)4-12-5-7/h3-5H,1-2H3,(H2,11,13). The highest BCUT2D eigenvalue weighted by atomic mass is 19.1. The van der Waals surface area contributed by atoms with Crippen LogP contribution in [0.2, 0.25) is 0 Å². The van der Waals surface area contributed by atoms with Gasteiger partial charge in [-0.05, 0) is 19.9 Å². The lowest BCUT2D eigenvalue weighted by atomic mass is 10.0. The molecule has 1 aromatic rings. The summed E-state index contributed by atoms with van der Waals surface area (Å²) in [6.07, 6.45) is 2.70. The van der Waals surface area contributed by atoms with E-state index in [2.05, 4.69) is 4.98 Å². The van der Waals surface area contributed by atoms with Crippen molar-refractivity contribution >= 4 is 5.91 Å². The Morgan fingerprint density at radius 2 is 2.15 bits per heavy atom. The van der Waals surface area contributed by atoms with Gasteiger partial charge in [-0.15, -0.1) is 0 Å². The van der Waals surface area contributed by atoms with E-state index in [1.165, 1.54) is 32.3 Å². The molecule has 13 heavy (non-hydrogen) atoms. The maximum atomic E-state index is 13.4. The quantitative estimate of drug-likeness (QED) is 0.751. The summed E-state index contributed by atoms with van der Waals surface area (Å²) in [5.74, 6) is -0.599. The monoisotopic (exact) mass is 182 g/mol. The van der Waals surface area contributed by atoms with Gasteiger partial charge in [-0.1, -0.05) is 0 Å². The molecule has 0 atom stereocenters. The number of primary amides is 1. The number of hydrogen-bond donors (Lipinski definition) is 1. The van der Waals surface area contributed by atoms with Crippen molar-refractivity contribution in [1.29, 1.82) is 0 Å². The molecule has 1 amide bonds. The van der Waals surface area contributed by atoms with Crippen LogP contribution in [0.1, 0.15) is 29.8 Å². The number of pyridine rings is 1. The molecule has 1 rings (SSSR count). The first kappa shape index (κ1) is 9.64. The van der Waals surface area contributed by atoms with Crippen LogP contribution >= 0.6 is 0 Å². The van der Waals surface area contributed by atoms with E-state index in [-0.39, 0.29) is 5.56 Å². The molecule has 70 valence electrons. The minimum Gasteiger partial charge on any atom is -0.366 e. The highest BCUT2D eigenvalue weighted by molar-refractivity contribution is 5.92. The Labute approximate surface area is 75.8 Å². The van der Waals surface area contributed by atoms with E-state index in [9.17, 15) is 9.18 Å². The second-order valence-electron chi connectivity index (χ2n) is 3.30. The Morgan fingerprint density at radius 3 is 2.62 bits per heavy atom. The number of amides is 1. The minimum absolute atomic E-state index is 0.225. The fraction of sp³-hybridized carbons (Fsp3) is 0.333. The minimum atomic E-state index is -1.50. The van der Waals surface area contributed by atoms with Crippen molar-refractivity contribution in [2.24, 2.45) is 5.73 Å². The Morgan fingerprint density at radius 1 is 1.54 bits per heavy atom. The summed E-state index contributed by atoms with van der Waals surface area (Å²) in [6, 6.07) is 1.41. The Hall–Kier alpha value is -1.45. The third kappa shape index (κ3) is 2.24. The Bertz CT molecular complexity index is 331. The predicted octanol–water partition coefficient (Wildman–Crippen LogP) is 1.39. The molecule has 0 saturated carbocycles. The van der Waals surface area contributed by atoms with E-state index in [0.717, 1.165) is 0 Å². The lowest BCUT2D eigenvalue weighted by Gasteiger charge is -2.13. The van der Waals surface area contributed by atoms with Crippen LogP contribution in [0.15, 0.2) is 18.5 Å². The zero-order valence-electron chi connectivity index (χ0n) is 7.54. The molecular weight excluding hydrogens is 171 g/mol. The summed E-state index contributed by atoms with van der Waals surface area (Å²) < 4.78 is 13.4. The lowest BCUT2D eigenvalue weighted by molar-refractivity contribution is 0.0999. The van der Waals surface area contributed by atoms with Gasteiger partial charge in [0.05, 0.1) is 5.56 Å². The van der Waals surface area contributed by atoms with Crippen LogP contribution in [0.5, 0.6) is 0 Å². The van der Waals surface area contributed by atoms with E-state index in [4.69, 9.17) is 5.73 Å². The smallest absolute Gasteiger partial charge is 0.250 e. The molecule has 0 saturated heterocycles. The molecule has 3 nitrogen and oxygen atoms in total. The SMILES string of the molecule is CC(C)(F)c1cncc(C(N)=O)c1. The summed E-state index contributed by atoms with van der Waals surface area (Å²) in [7, 11) is 0. The molecule has 0 bridgehead atoms. The van der Waals surface area contributed by atoms with Gasteiger partial charge in [0, 0.05) is 18.0 Å². The molecule has 1 aromatic heterocycles. The van der Waals surface area contributed by atoms with Gasteiger partial charge < -0.3 is 5.73 Å². The number of rotatable bonds is 2. The first-order valence-corrected chi connectivity index (χ1v) is 3.85. The molecule has 0 aromatic carbocycles. The molecule has 0 unspecified atom stereocenters. The van der Waals surface area contributed by atoms with Crippen LogP contribution in [0.25, 0.3) is 0 Å². The number of aromatic nitrogens is 1. The van der Waals surface area contributed by atoms with E-state index in [1.54, 1.807) is 0 Å². The van der Waals surface area contributed by atoms with Gasteiger partial charge in [-0.3, -0.25) is 9.78 Å². The first-order chi connectivity index (χ1) is 5.91. The van der Waals surface area contributed by atoms with Gasteiger partial charge in [0.1, 0.15) is 5.67 Å². The summed E-state index contributed by atoms with van der Waals surface area (Å²) in [4.78, 5) is 14.5. The van der Waals surface area contributed by atoms with Crippen LogP contribution in [0.4, 0.5) is 4.39 Å². The van der Waals surface area contributed by atoms with Crippen molar-refractivity contribution in [1.82, 2.24) is 4.98 Å². The maximum Gasteiger partial charge on any atom is 0.250 e. The number of carbonyl (C=O) groups excluding carboxylic acids is 1. The highest BCUT2D eigenvalue weighted by Gasteiger charge is 2.19. The third-order valence-corrected chi connectivity index (χ3v) is 1.71. The number of hydrogen-bond acceptors (Lipinski definition) is 2. The number of halogens is 1. The molecule has 2 N–H and O–H groups in total. The van der Waals surface area contributed by atoms with Gasteiger partial charge in [-0.25, -0.2) is 4.39 Å². The van der Waals surface area contributed by atoms with Crippen molar-refractivity contribution in [2.75, 3.05) is 0 Å². The number of alkyl halides is 1. The van der Waals surface area contributed by atoms with Crippen molar-refractivity contribution in [3.8, 4) is 0 Å². The van der Waals surface area contributed by atoms with Gasteiger partial charge in [0.25, 0.3) is 0 Å². The molecule has 0 radical (unpaired) electrons. The number of nitrogens with zero attached hydrogens (tertiary/aromatic N) is 1. The molecular formula is C9H11FN2O. The van der Waals surface area contributed by atoms with Gasteiger partial charge in [0.2, 0.25) is 5.91 Å². The summed E-state index contributed by atoms with van der Waals surface area (Å²) in [5.41, 5.74) is 4.10. The maximum absolute atomic E-state index is 13.4. The lowest BCUT2D eigenvalue weighted by Crippen LogP contribution is -2.15. The predicted molar refractivity (Wildman–Crippen MR) is 46.9 cm³/mol. The van der Waals surface area contributed by atoms with E-state index >= 15 is 0 Å². The average Bonchev–Trinajstić information content (AvgIpc) is 2.03. The largest absolute Gasteiger partial charge is 0.366 e. The number of carbonyl (C=O) groups is 1. The molecule has 0 spiro atoms. The first-order valence-electron chi connectivity index (χ1n) is 3.85. The third-order valence-electron chi connectivity index (χ3n) is 1.71. The molecule has 4 heteroatoms. The number of nitrogens with two attached hydrogens (primary N) is 1. The van der Waals surface area contributed by atoms with E-state index < -0.39 is 11.6 Å². The van der Waals surface area contributed by atoms with Crippen LogP contribution in [-0.2, 0) is 5.67 Å². The molecule has 0 aliphatic carbocycles. The Balaban J connectivity index is 3.13. The zero-order valence-corrected chi connectivity index (χ0v) is 7.54. The molecule has 0 aliphatic rings. The molecule has 0 aliphatic heterocycles. The Kier molecular flexibility index (Phi) is 2.32. The van der Waals surface area contributed by atoms with Crippen LogP contribution in [0, 0.1) is 0 Å². The van der Waals surface area contributed by atoms with Gasteiger partial charge in [-0.2, -0.15) is 0 Å². The van der Waals surface area contributed by atoms with Crippen LogP contribution < -0.4 is 5.73 Å². The van der Waals surface area contributed by atoms with Gasteiger partial charge >= 0.3 is 0 Å². The topological polar surface area (TPSA) is 56.0 Å². The summed E-state index contributed by atoms with van der Waals surface area (Å²) in [6.45, 7) is 2.80. The fourth-order valence-electron chi connectivity index (χ4n) is 0.900. The second-order valence-corrected chi connectivity index (χ2v) is 3.30. The van der Waals surface area contributed by atoms with Crippen LogP contribution in [0.3, 0.4) is 0 Å². The van der Waals surface area contributed by atoms with E-state index in [0.29, 0.717) is 5.56 Å². The van der Waals surface area contributed by atoms with E-state index in [1.807, 2.05) is 0 Å². The summed E-state index contributed by atoms with van der Waals surface area (Å²) in [5, 5.41) is 0. The van der Waals surface area contributed by atoms with Crippen LogP contribution in [-0.4, -0.2) is 10.9 Å². The zero-order chi connectivity index (χ0) is 10.1. The fourth-order valence-corrected chi connectivity index (χ4v) is 0.900. The average molecular weight is 182 g/mol. The highest BCUT2D eigenvalue weighted by Crippen LogP contribution is 2.23. The summed E-state index contributed by atoms with van der Waals surface area (Å²) >= 11 is 0.